The van der Waals surface area contributed by atoms with Crippen LogP contribution in [0.15, 0.2) is 36.9 Å². The van der Waals surface area contributed by atoms with Gasteiger partial charge in [0.2, 0.25) is 0 Å². The fraction of sp³-hybridized carbons (Fsp3) is 0.176. The minimum absolute atomic E-state index is 0.330. The van der Waals surface area contributed by atoms with Crippen molar-refractivity contribution in [2.75, 3.05) is 12.8 Å². The summed E-state index contributed by atoms with van der Waals surface area (Å²) in [7, 11) is 1.34. The van der Waals surface area contributed by atoms with Crippen LogP contribution in [0.3, 0.4) is 0 Å². The van der Waals surface area contributed by atoms with Crippen LogP contribution in [0, 0.1) is 6.92 Å². The second-order valence-corrected chi connectivity index (χ2v) is 5.09. The molecule has 0 spiro atoms. The normalized spacial score (nSPS) is 11.0. The summed E-state index contributed by atoms with van der Waals surface area (Å²) in [5, 5.41) is 1.75. The van der Waals surface area contributed by atoms with Crippen LogP contribution in [0.4, 0.5) is 5.69 Å². The molecule has 2 N–H and O–H groups in total. The predicted octanol–water partition coefficient (Wildman–Crippen LogP) is 3.05. The number of nitrogen functional groups attached to an aromatic ring is 1. The van der Waals surface area contributed by atoms with E-state index in [1.165, 1.54) is 7.11 Å². The first-order chi connectivity index (χ1) is 10.6. The molecule has 2 aromatic heterocycles. The molecule has 3 aromatic rings. The third-order valence-corrected chi connectivity index (χ3v) is 3.82. The number of carbonyl (C=O) groups is 1. The van der Waals surface area contributed by atoms with Crippen LogP contribution in [0.5, 0.6) is 0 Å². The molecule has 0 bridgehead atoms. The van der Waals surface area contributed by atoms with E-state index in [0.29, 0.717) is 23.5 Å². The van der Waals surface area contributed by atoms with E-state index in [1.807, 2.05) is 34.9 Å². The Balaban J connectivity index is 2.52. The van der Waals surface area contributed by atoms with Crippen LogP contribution in [-0.4, -0.2) is 22.6 Å². The third kappa shape index (κ3) is 1.86. The molecular formula is C17H17N3O2. The van der Waals surface area contributed by atoms with Gasteiger partial charge in [-0.05, 0) is 13.0 Å². The average molecular weight is 295 g/mol. The van der Waals surface area contributed by atoms with Crippen molar-refractivity contribution >= 4 is 33.6 Å². The number of rotatable bonds is 3. The minimum atomic E-state index is -0.468. The first-order valence-electron chi connectivity index (χ1n) is 6.96. The van der Waals surface area contributed by atoms with Gasteiger partial charge in [0, 0.05) is 11.9 Å². The standard InChI is InChI=1S/C17H17N3O2/c1-4-9-20-12-8-6-5-7-11(12)14-15(18)13(17(21)22-3)10(2)19-16(14)20/h4-8H,1,9H2,2-3H3,(H2,18,19). The highest BCUT2D eigenvalue weighted by molar-refractivity contribution is 6.16. The van der Waals surface area contributed by atoms with Gasteiger partial charge in [0.25, 0.3) is 0 Å². The van der Waals surface area contributed by atoms with E-state index in [4.69, 9.17) is 10.5 Å². The highest BCUT2D eigenvalue weighted by Crippen LogP contribution is 2.35. The fourth-order valence-corrected chi connectivity index (χ4v) is 2.88. The Morgan fingerprint density at radius 3 is 2.86 bits per heavy atom. The van der Waals surface area contributed by atoms with Crippen molar-refractivity contribution in [2.24, 2.45) is 0 Å². The third-order valence-electron chi connectivity index (χ3n) is 3.82. The van der Waals surface area contributed by atoms with Crippen molar-refractivity contribution in [3.63, 3.8) is 0 Å². The molecule has 0 saturated carbocycles. The van der Waals surface area contributed by atoms with Crippen molar-refractivity contribution in [3.05, 3.63) is 48.2 Å². The second-order valence-electron chi connectivity index (χ2n) is 5.09. The number of benzene rings is 1. The maximum Gasteiger partial charge on any atom is 0.341 e. The molecule has 0 amide bonds. The largest absolute Gasteiger partial charge is 0.465 e. The van der Waals surface area contributed by atoms with Gasteiger partial charge in [0.05, 0.1) is 29.4 Å². The number of para-hydroxylation sites is 1. The summed E-state index contributed by atoms with van der Waals surface area (Å²) in [6.07, 6.45) is 1.81. The topological polar surface area (TPSA) is 70.1 Å². The van der Waals surface area contributed by atoms with Gasteiger partial charge in [-0.3, -0.25) is 0 Å². The van der Waals surface area contributed by atoms with Crippen LogP contribution in [0.2, 0.25) is 0 Å². The monoisotopic (exact) mass is 295 g/mol. The van der Waals surface area contributed by atoms with E-state index in [9.17, 15) is 4.79 Å². The van der Waals surface area contributed by atoms with E-state index in [1.54, 1.807) is 6.92 Å². The SMILES string of the molecule is C=CCn1c2ccccc2c2c(N)c(C(=O)OC)c(C)nc21. The van der Waals surface area contributed by atoms with Gasteiger partial charge in [-0.25, -0.2) is 9.78 Å². The van der Waals surface area contributed by atoms with Gasteiger partial charge in [-0.15, -0.1) is 6.58 Å². The lowest BCUT2D eigenvalue weighted by Gasteiger charge is -2.09. The molecule has 112 valence electrons. The number of methoxy groups -OCH3 is 1. The highest BCUT2D eigenvalue weighted by atomic mass is 16.5. The Bertz CT molecular complexity index is 909. The molecule has 0 saturated heterocycles. The van der Waals surface area contributed by atoms with Gasteiger partial charge in [-0.1, -0.05) is 24.3 Å². The zero-order valence-corrected chi connectivity index (χ0v) is 12.6. The van der Waals surface area contributed by atoms with Gasteiger partial charge in [0.1, 0.15) is 11.2 Å². The first-order valence-corrected chi connectivity index (χ1v) is 6.96. The molecule has 0 aliphatic heterocycles. The Labute approximate surface area is 128 Å². The lowest BCUT2D eigenvalue weighted by atomic mass is 10.1. The van der Waals surface area contributed by atoms with Gasteiger partial charge < -0.3 is 15.0 Å². The Morgan fingerprint density at radius 1 is 1.45 bits per heavy atom. The molecule has 0 aliphatic carbocycles. The molecule has 22 heavy (non-hydrogen) atoms. The number of ether oxygens (including phenoxy) is 1. The summed E-state index contributed by atoms with van der Waals surface area (Å²) < 4.78 is 6.88. The maximum atomic E-state index is 12.0. The fourth-order valence-electron chi connectivity index (χ4n) is 2.88. The molecule has 5 nitrogen and oxygen atoms in total. The van der Waals surface area contributed by atoms with Crippen LogP contribution < -0.4 is 5.73 Å². The number of hydrogen-bond acceptors (Lipinski definition) is 4. The summed E-state index contributed by atoms with van der Waals surface area (Å²) in [5.41, 5.74) is 9.36. The van der Waals surface area contributed by atoms with Crippen molar-refractivity contribution in [1.82, 2.24) is 9.55 Å². The summed E-state index contributed by atoms with van der Waals surface area (Å²) >= 11 is 0. The van der Waals surface area contributed by atoms with Crippen molar-refractivity contribution < 1.29 is 9.53 Å². The van der Waals surface area contributed by atoms with Crippen LogP contribution in [-0.2, 0) is 11.3 Å². The molecule has 3 rings (SSSR count). The summed E-state index contributed by atoms with van der Waals surface area (Å²) in [4.78, 5) is 16.6. The maximum absolute atomic E-state index is 12.0. The van der Waals surface area contributed by atoms with Gasteiger partial charge in [-0.2, -0.15) is 0 Å². The highest BCUT2D eigenvalue weighted by Gasteiger charge is 2.22. The van der Waals surface area contributed by atoms with Gasteiger partial charge >= 0.3 is 5.97 Å². The lowest BCUT2D eigenvalue weighted by Crippen LogP contribution is -2.10. The number of aromatic nitrogens is 2. The molecule has 0 fully saturated rings. The van der Waals surface area contributed by atoms with E-state index in [0.717, 1.165) is 21.9 Å². The Hall–Kier alpha value is -2.82. The number of aryl methyl sites for hydroxylation is 1. The van der Waals surface area contributed by atoms with E-state index < -0.39 is 5.97 Å². The van der Waals surface area contributed by atoms with E-state index in [2.05, 4.69) is 11.6 Å². The Kier molecular flexibility index (Phi) is 3.33. The van der Waals surface area contributed by atoms with Crippen molar-refractivity contribution in [2.45, 2.75) is 13.5 Å². The summed E-state index contributed by atoms with van der Waals surface area (Å²) in [6, 6.07) is 7.89. The number of allylic oxidation sites excluding steroid dienone is 1. The zero-order chi connectivity index (χ0) is 15.9. The number of nitrogens with zero attached hydrogens (tertiary/aromatic N) is 2. The summed E-state index contributed by atoms with van der Waals surface area (Å²) in [6.45, 7) is 6.18. The average Bonchev–Trinajstić information content (AvgIpc) is 2.82. The number of fused-ring (bicyclic) bond motifs is 3. The number of anilines is 1. The quantitative estimate of drug-likeness (QED) is 0.595. The molecule has 5 heteroatoms. The number of pyridine rings is 1. The zero-order valence-electron chi connectivity index (χ0n) is 12.6. The molecule has 2 heterocycles. The number of carbonyl (C=O) groups excluding carboxylic acids is 1. The molecule has 1 aromatic carbocycles. The lowest BCUT2D eigenvalue weighted by molar-refractivity contribution is 0.0601. The Morgan fingerprint density at radius 2 is 2.18 bits per heavy atom. The molecule has 0 unspecified atom stereocenters. The predicted molar refractivity (Wildman–Crippen MR) is 87.9 cm³/mol. The molecule has 0 radical (unpaired) electrons. The van der Waals surface area contributed by atoms with Crippen LogP contribution >= 0.6 is 0 Å². The van der Waals surface area contributed by atoms with Crippen LogP contribution in [0.1, 0.15) is 16.1 Å². The molecular weight excluding hydrogens is 278 g/mol. The van der Waals surface area contributed by atoms with Crippen LogP contribution in [0.25, 0.3) is 21.9 Å². The first kappa shape index (κ1) is 14.1. The molecule has 0 aliphatic rings. The minimum Gasteiger partial charge on any atom is -0.465 e. The van der Waals surface area contributed by atoms with E-state index in [-0.39, 0.29) is 0 Å². The van der Waals surface area contributed by atoms with E-state index >= 15 is 0 Å². The van der Waals surface area contributed by atoms with Gasteiger partial charge in [0.15, 0.2) is 0 Å². The molecule has 0 atom stereocenters. The summed E-state index contributed by atoms with van der Waals surface area (Å²) in [5.74, 6) is -0.468. The number of esters is 1. The smallest absolute Gasteiger partial charge is 0.341 e. The second kappa shape index (κ2) is 5.18. The number of nitrogens with two attached hydrogens (primary N) is 1. The van der Waals surface area contributed by atoms with Crippen molar-refractivity contribution in [1.29, 1.82) is 0 Å². The van der Waals surface area contributed by atoms with Crippen molar-refractivity contribution in [3.8, 4) is 0 Å². The number of hydrogen-bond donors (Lipinski definition) is 1.